The second-order valence-corrected chi connectivity index (χ2v) is 5.72. The number of hydrogen-bond acceptors (Lipinski definition) is 1. The van der Waals surface area contributed by atoms with Crippen molar-refractivity contribution in [1.29, 1.82) is 0 Å². The van der Waals surface area contributed by atoms with Gasteiger partial charge in [-0.05, 0) is 18.4 Å². The molecule has 1 aromatic carbocycles. The average molecular weight is 313 g/mol. The summed E-state index contributed by atoms with van der Waals surface area (Å²) in [5, 5.41) is 5.89. The van der Waals surface area contributed by atoms with Crippen molar-refractivity contribution in [2.24, 2.45) is 4.99 Å². The van der Waals surface area contributed by atoms with Crippen LogP contribution in [0, 0.1) is 0 Å². The van der Waals surface area contributed by atoms with Crippen LogP contribution < -0.4 is 10.6 Å². The molecule has 0 heterocycles. The molecule has 1 saturated carbocycles. The lowest BCUT2D eigenvalue weighted by Crippen LogP contribution is -2.49. The number of benzene rings is 1. The molecule has 6 heteroatoms. The highest BCUT2D eigenvalue weighted by molar-refractivity contribution is 5.79. The predicted molar refractivity (Wildman–Crippen MR) is 82.0 cm³/mol. The highest BCUT2D eigenvalue weighted by Gasteiger charge is 2.38. The normalized spacial score (nSPS) is 17.7. The monoisotopic (exact) mass is 313 g/mol. The number of nitrogens with zero attached hydrogens (tertiary/aromatic N) is 1. The maximum atomic E-state index is 12.2. The SMILES string of the molecule is CN=C(NCCC(F)(F)F)NCC1(c2ccccc2)CCC1. The second kappa shape index (κ2) is 7.03. The minimum Gasteiger partial charge on any atom is -0.356 e. The molecule has 0 radical (unpaired) electrons. The third-order valence-corrected chi connectivity index (χ3v) is 4.22. The van der Waals surface area contributed by atoms with Gasteiger partial charge in [-0.2, -0.15) is 13.2 Å². The second-order valence-electron chi connectivity index (χ2n) is 5.72. The molecule has 3 nitrogen and oxygen atoms in total. The lowest BCUT2D eigenvalue weighted by molar-refractivity contribution is -0.132. The van der Waals surface area contributed by atoms with Crippen LogP contribution in [-0.2, 0) is 5.41 Å². The van der Waals surface area contributed by atoms with Crippen LogP contribution in [0.3, 0.4) is 0 Å². The van der Waals surface area contributed by atoms with Crippen molar-refractivity contribution in [3.63, 3.8) is 0 Å². The fourth-order valence-electron chi connectivity index (χ4n) is 2.76. The molecule has 1 aromatic rings. The first-order valence-electron chi connectivity index (χ1n) is 7.52. The molecule has 0 aliphatic heterocycles. The van der Waals surface area contributed by atoms with E-state index in [0.29, 0.717) is 12.5 Å². The Kier molecular flexibility index (Phi) is 5.32. The number of nitrogens with one attached hydrogen (secondary N) is 2. The van der Waals surface area contributed by atoms with E-state index in [1.165, 1.54) is 12.0 Å². The lowest BCUT2D eigenvalue weighted by Gasteiger charge is -2.43. The summed E-state index contributed by atoms with van der Waals surface area (Å²) in [5.41, 5.74) is 1.35. The Balaban J connectivity index is 1.87. The maximum Gasteiger partial charge on any atom is 0.390 e. The first-order valence-corrected chi connectivity index (χ1v) is 7.52. The van der Waals surface area contributed by atoms with Gasteiger partial charge in [-0.3, -0.25) is 4.99 Å². The maximum absolute atomic E-state index is 12.2. The van der Waals surface area contributed by atoms with Crippen LogP contribution in [0.1, 0.15) is 31.2 Å². The van der Waals surface area contributed by atoms with Crippen LogP contribution >= 0.6 is 0 Å². The van der Waals surface area contributed by atoms with Gasteiger partial charge in [0.2, 0.25) is 0 Å². The summed E-state index contributed by atoms with van der Waals surface area (Å²) in [7, 11) is 1.57. The molecule has 0 amide bonds. The molecule has 0 spiro atoms. The molecule has 0 aromatic heterocycles. The van der Waals surface area contributed by atoms with Crippen molar-refractivity contribution in [3.8, 4) is 0 Å². The van der Waals surface area contributed by atoms with Gasteiger partial charge in [0.15, 0.2) is 5.96 Å². The van der Waals surface area contributed by atoms with Gasteiger partial charge in [-0.1, -0.05) is 36.8 Å². The Hall–Kier alpha value is -1.72. The third-order valence-electron chi connectivity index (χ3n) is 4.22. The molecule has 0 bridgehead atoms. The van der Waals surface area contributed by atoms with Crippen molar-refractivity contribution < 1.29 is 13.2 Å². The first-order chi connectivity index (χ1) is 10.5. The third kappa shape index (κ3) is 4.39. The molecule has 2 N–H and O–H groups in total. The minimum atomic E-state index is -4.15. The molecule has 122 valence electrons. The molecule has 2 rings (SSSR count). The molecule has 0 unspecified atom stereocenters. The number of rotatable bonds is 5. The molecular formula is C16H22F3N3. The zero-order chi connectivity index (χ0) is 16.1. The van der Waals surface area contributed by atoms with Gasteiger partial charge in [-0.15, -0.1) is 0 Å². The Morgan fingerprint density at radius 1 is 1.18 bits per heavy atom. The quantitative estimate of drug-likeness (QED) is 0.647. The largest absolute Gasteiger partial charge is 0.390 e. The lowest BCUT2D eigenvalue weighted by atomic mass is 9.64. The molecule has 22 heavy (non-hydrogen) atoms. The molecule has 0 atom stereocenters. The Morgan fingerprint density at radius 3 is 2.36 bits per heavy atom. The molecular weight excluding hydrogens is 291 g/mol. The van der Waals surface area contributed by atoms with Crippen LogP contribution in [0.2, 0.25) is 0 Å². The fraction of sp³-hybridized carbons (Fsp3) is 0.562. The van der Waals surface area contributed by atoms with Crippen LogP contribution in [-0.4, -0.2) is 32.3 Å². The van der Waals surface area contributed by atoms with E-state index in [0.717, 1.165) is 12.8 Å². The van der Waals surface area contributed by atoms with Gasteiger partial charge in [0.05, 0.1) is 6.42 Å². The predicted octanol–water partition coefficient (Wildman–Crippen LogP) is 3.23. The van der Waals surface area contributed by atoms with E-state index in [4.69, 9.17) is 0 Å². The van der Waals surface area contributed by atoms with Gasteiger partial charge in [0.1, 0.15) is 0 Å². The van der Waals surface area contributed by atoms with E-state index < -0.39 is 12.6 Å². The van der Waals surface area contributed by atoms with E-state index in [-0.39, 0.29) is 12.0 Å². The van der Waals surface area contributed by atoms with E-state index in [1.54, 1.807) is 7.05 Å². The summed E-state index contributed by atoms with van der Waals surface area (Å²) in [4.78, 5) is 3.99. The standard InChI is InChI=1S/C16H22F3N3/c1-20-14(21-11-10-16(17,18)19)22-12-15(8-5-9-15)13-6-3-2-4-7-13/h2-4,6-7H,5,8-12H2,1H3,(H2,20,21,22). The van der Waals surface area contributed by atoms with Gasteiger partial charge in [0.25, 0.3) is 0 Å². The zero-order valence-electron chi connectivity index (χ0n) is 12.7. The van der Waals surface area contributed by atoms with E-state index in [9.17, 15) is 13.2 Å². The van der Waals surface area contributed by atoms with Crippen molar-refractivity contribution in [2.45, 2.75) is 37.3 Å². The molecule has 0 saturated heterocycles. The van der Waals surface area contributed by atoms with E-state index in [1.807, 2.05) is 18.2 Å². The van der Waals surface area contributed by atoms with Gasteiger partial charge in [-0.25, -0.2) is 0 Å². The summed E-state index contributed by atoms with van der Waals surface area (Å²) < 4.78 is 36.5. The smallest absolute Gasteiger partial charge is 0.356 e. The first kappa shape index (κ1) is 16.6. The average Bonchev–Trinajstić information content (AvgIpc) is 2.44. The van der Waals surface area contributed by atoms with E-state index >= 15 is 0 Å². The summed E-state index contributed by atoms with van der Waals surface area (Å²) in [5.74, 6) is 0.423. The van der Waals surface area contributed by atoms with Crippen LogP contribution in [0.15, 0.2) is 35.3 Å². The molecule has 1 fully saturated rings. The summed E-state index contributed by atoms with van der Waals surface area (Å²) in [6.45, 7) is 0.518. The van der Waals surface area contributed by atoms with E-state index in [2.05, 4.69) is 27.8 Å². The number of hydrogen-bond donors (Lipinski definition) is 2. The van der Waals surface area contributed by atoms with Gasteiger partial charge >= 0.3 is 6.18 Å². The zero-order valence-corrected chi connectivity index (χ0v) is 12.7. The summed E-state index contributed by atoms with van der Waals surface area (Å²) in [6.07, 6.45) is -1.66. The van der Waals surface area contributed by atoms with Crippen molar-refractivity contribution in [1.82, 2.24) is 10.6 Å². The summed E-state index contributed by atoms with van der Waals surface area (Å²) >= 11 is 0. The number of alkyl halides is 3. The van der Waals surface area contributed by atoms with Gasteiger partial charge in [0, 0.05) is 25.6 Å². The van der Waals surface area contributed by atoms with Crippen LogP contribution in [0.4, 0.5) is 13.2 Å². The Labute approximate surface area is 129 Å². The van der Waals surface area contributed by atoms with Crippen LogP contribution in [0.5, 0.6) is 0 Å². The van der Waals surface area contributed by atoms with Crippen molar-refractivity contribution in [3.05, 3.63) is 35.9 Å². The molecule has 1 aliphatic rings. The minimum absolute atomic E-state index is 0.0723. The Bertz CT molecular complexity index is 493. The van der Waals surface area contributed by atoms with Gasteiger partial charge < -0.3 is 10.6 Å². The highest BCUT2D eigenvalue weighted by atomic mass is 19.4. The van der Waals surface area contributed by atoms with Crippen molar-refractivity contribution in [2.75, 3.05) is 20.1 Å². The number of halogens is 3. The topological polar surface area (TPSA) is 36.4 Å². The number of guanidine groups is 1. The number of aliphatic imine (C=N–C) groups is 1. The molecule has 1 aliphatic carbocycles. The highest BCUT2D eigenvalue weighted by Crippen LogP contribution is 2.43. The van der Waals surface area contributed by atoms with Crippen LogP contribution in [0.25, 0.3) is 0 Å². The Morgan fingerprint density at radius 2 is 1.86 bits per heavy atom. The fourth-order valence-corrected chi connectivity index (χ4v) is 2.76. The summed E-state index contributed by atoms with van der Waals surface area (Å²) in [6, 6.07) is 10.2. The van der Waals surface area contributed by atoms with Crippen molar-refractivity contribution >= 4 is 5.96 Å².